The van der Waals surface area contributed by atoms with Gasteiger partial charge in [0.15, 0.2) is 0 Å². The molecule has 15 heavy (non-hydrogen) atoms. The number of aromatic nitrogens is 3. The summed E-state index contributed by atoms with van der Waals surface area (Å²) < 4.78 is 2.05. The van der Waals surface area contributed by atoms with Crippen molar-refractivity contribution in [3.8, 4) is 5.69 Å². The van der Waals surface area contributed by atoms with Gasteiger partial charge < -0.3 is 9.88 Å². The second-order valence-electron chi connectivity index (χ2n) is 3.43. The quantitative estimate of drug-likeness (QED) is 0.809. The third-order valence-electron chi connectivity index (χ3n) is 2.53. The fraction of sp³-hybridized carbons (Fsp3) is 0.273. The smallest absolute Gasteiger partial charge is 0.127 e. The van der Waals surface area contributed by atoms with E-state index in [0.717, 1.165) is 22.9 Å². The van der Waals surface area contributed by atoms with Crippen LogP contribution in [-0.4, -0.2) is 21.6 Å². The van der Waals surface area contributed by atoms with Gasteiger partial charge in [-0.05, 0) is 19.9 Å². The normalized spacial score (nSPS) is 10.3. The Balaban J connectivity index is 2.49. The zero-order chi connectivity index (χ0) is 10.8. The summed E-state index contributed by atoms with van der Waals surface area (Å²) in [7, 11) is 1.86. The standard InChI is InChI=1S/C11H14N4/c1-8-9(2)15(7-14-8)10-4-5-13-11(6-10)12-3/h4-7H,1-3H3,(H,12,13). The minimum atomic E-state index is 0.859. The van der Waals surface area contributed by atoms with E-state index in [0.29, 0.717) is 0 Å². The molecule has 0 atom stereocenters. The first-order valence-electron chi connectivity index (χ1n) is 4.87. The van der Waals surface area contributed by atoms with E-state index in [4.69, 9.17) is 0 Å². The minimum absolute atomic E-state index is 0.859. The highest BCUT2D eigenvalue weighted by atomic mass is 15.1. The molecular formula is C11H14N4. The van der Waals surface area contributed by atoms with Gasteiger partial charge in [0.25, 0.3) is 0 Å². The molecular weight excluding hydrogens is 188 g/mol. The molecule has 1 N–H and O–H groups in total. The molecule has 0 aliphatic rings. The number of aryl methyl sites for hydroxylation is 1. The summed E-state index contributed by atoms with van der Waals surface area (Å²) in [6, 6.07) is 3.96. The fourth-order valence-corrected chi connectivity index (χ4v) is 1.46. The van der Waals surface area contributed by atoms with E-state index >= 15 is 0 Å². The van der Waals surface area contributed by atoms with Crippen LogP contribution in [0.4, 0.5) is 5.82 Å². The molecule has 4 nitrogen and oxygen atoms in total. The van der Waals surface area contributed by atoms with Gasteiger partial charge in [-0.2, -0.15) is 0 Å². The number of imidazole rings is 1. The monoisotopic (exact) mass is 202 g/mol. The first-order valence-corrected chi connectivity index (χ1v) is 4.87. The van der Waals surface area contributed by atoms with Crippen LogP contribution in [0.25, 0.3) is 5.69 Å². The average Bonchev–Trinajstić information content (AvgIpc) is 2.60. The van der Waals surface area contributed by atoms with E-state index in [-0.39, 0.29) is 0 Å². The lowest BCUT2D eigenvalue weighted by molar-refractivity contribution is 0.995. The zero-order valence-corrected chi connectivity index (χ0v) is 9.15. The van der Waals surface area contributed by atoms with Crippen LogP contribution in [0.15, 0.2) is 24.7 Å². The van der Waals surface area contributed by atoms with Gasteiger partial charge in [-0.3, -0.25) is 0 Å². The first-order chi connectivity index (χ1) is 7.22. The average molecular weight is 202 g/mol. The molecule has 78 valence electrons. The number of anilines is 1. The van der Waals surface area contributed by atoms with Crippen molar-refractivity contribution in [2.75, 3.05) is 12.4 Å². The number of hydrogen-bond acceptors (Lipinski definition) is 3. The number of nitrogens with zero attached hydrogens (tertiary/aromatic N) is 3. The first kappa shape index (κ1) is 9.71. The Kier molecular flexibility index (Phi) is 2.41. The highest BCUT2D eigenvalue weighted by molar-refractivity contribution is 5.45. The Labute approximate surface area is 89.0 Å². The zero-order valence-electron chi connectivity index (χ0n) is 9.15. The molecule has 0 radical (unpaired) electrons. The lowest BCUT2D eigenvalue weighted by Crippen LogP contribution is -1.98. The molecule has 0 fully saturated rings. The van der Waals surface area contributed by atoms with Gasteiger partial charge >= 0.3 is 0 Å². The Hall–Kier alpha value is -1.84. The molecule has 2 aromatic rings. The Morgan fingerprint density at radius 3 is 2.67 bits per heavy atom. The van der Waals surface area contributed by atoms with Gasteiger partial charge in [0.2, 0.25) is 0 Å². The highest BCUT2D eigenvalue weighted by Crippen LogP contribution is 2.15. The lowest BCUT2D eigenvalue weighted by Gasteiger charge is -2.06. The van der Waals surface area contributed by atoms with Gasteiger partial charge in [0.1, 0.15) is 5.82 Å². The van der Waals surface area contributed by atoms with Gasteiger partial charge in [0, 0.05) is 25.0 Å². The molecule has 0 aliphatic heterocycles. The molecule has 0 amide bonds. The molecule has 2 heterocycles. The molecule has 0 bridgehead atoms. The van der Waals surface area contributed by atoms with Crippen molar-refractivity contribution >= 4 is 5.82 Å². The molecule has 2 rings (SSSR count). The Morgan fingerprint density at radius 1 is 1.27 bits per heavy atom. The van der Waals surface area contributed by atoms with Crippen molar-refractivity contribution in [3.63, 3.8) is 0 Å². The van der Waals surface area contributed by atoms with E-state index in [1.165, 1.54) is 0 Å². The summed E-state index contributed by atoms with van der Waals surface area (Å²) in [6.07, 6.45) is 3.62. The summed E-state index contributed by atoms with van der Waals surface area (Å²) in [6.45, 7) is 4.06. The van der Waals surface area contributed by atoms with E-state index in [9.17, 15) is 0 Å². The van der Waals surface area contributed by atoms with Crippen molar-refractivity contribution in [1.82, 2.24) is 14.5 Å². The number of pyridine rings is 1. The molecule has 0 aromatic carbocycles. The van der Waals surface area contributed by atoms with Crippen molar-refractivity contribution in [1.29, 1.82) is 0 Å². The number of rotatable bonds is 2. The van der Waals surface area contributed by atoms with Crippen LogP contribution in [0.2, 0.25) is 0 Å². The van der Waals surface area contributed by atoms with Crippen LogP contribution in [0.1, 0.15) is 11.4 Å². The van der Waals surface area contributed by atoms with Gasteiger partial charge in [-0.25, -0.2) is 9.97 Å². The van der Waals surface area contributed by atoms with Crippen LogP contribution in [0.3, 0.4) is 0 Å². The predicted molar refractivity (Wildman–Crippen MR) is 60.4 cm³/mol. The highest BCUT2D eigenvalue weighted by Gasteiger charge is 2.04. The van der Waals surface area contributed by atoms with Crippen molar-refractivity contribution in [3.05, 3.63) is 36.0 Å². The second kappa shape index (κ2) is 3.73. The molecule has 0 unspecified atom stereocenters. The summed E-state index contributed by atoms with van der Waals surface area (Å²) in [5, 5.41) is 3.02. The molecule has 0 saturated carbocycles. The van der Waals surface area contributed by atoms with Crippen LogP contribution in [-0.2, 0) is 0 Å². The lowest BCUT2D eigenvalue weighted by atomic mass is 10.3. The third kappa shape index (κ3) is 1.70. The van der Waals surface area contributed by atoms with Crippen molar-refractivity contribution in [2.24, 2.45) is 0 Å². The fourth-order valence-electron chi connectivity index (χ4n) is 1.46. The minimum Gasteiger partial charge on any atom is -0.373 e. The van der Waals surface area contributed by atoms with E-state index in [1.807, 2.05) is 32.4 Å². The van der Waals surface area contributed by atoms with E-state index in [1.54, 1.807) is 6.20 Å². The van der Waals surface area contributed by atoms with Gasteiger partial charge in [0.05, 0.1) is 17.7 Å². The second-order valence-corrected chi connectivity index (χ2v) is 3.43. The van der Waals surface area contributed by atoms with Gasteiger partial charge in [-0.15, -0.1) is 0 Å². The molecule has 0 aliphatic carbocycles. The summed E-state index contributed by atoms with van der Waals surface area (Å²) in [4.78, 5) is 8.45. The number of nitrogens with one attached hydrogen (secondary N) is 1. The maximum absolute atomic E-state index is 4.27. The maximum Gasteiger partial charge on any atom is 0.127 e. The van der Waals surface area contributed by atoms with Crippen molar-refractivity contribution < 1.29 is 0 Å². The van der Waals surface area contributed by atoms with E-state index in [2.05, 4.69) is 26.8 Å². The van der Waals surface area contributed by atoms with E-state index < -0.39 is 0 Å². The summed E-state index contributed by atoms with van der Waals surface area (Å²) in [5.74, 6) is 0.859. The largest absolute Gasteiger partial charge is 0.373 e. The third-order valence-corrected chi connectivity index (χ3v) is 2.53. The molecule has 0 spiro atoms. The Morgan fingerprint density at radius 2 is 2.07 bits per heavy atom. The van der Waals surface area contributed by atoms with Gasteiger partial charge in [-0.1, -0.05) is 0 Å². The van der Waals surface area contributed by atoms with Crippen LogP contribution >= 0.6 is 0 Å². The van der Waals surface area contributed by atoms with Crippen LogP contribution in [0.5, 0.6) is 0 Å². The SMILES string of the molecule is CNc1cc(-n2cnc(C)c2C)ccn1. The number of hydrogen-bond donors (Lipinski definition) is 1. The summed E-state index contributed by atoms with van der Waals surface area (Å²) >= 11 is 0. The van der Waals surface area contributed by atoms with Crippen LogP contribution in [0, 0.1) is 13.8 Å². The topological polar surface area (TPSA) is 42.7 Å². The molecule has 2 aromatic heterocycles. The summed E-state index contributed by atoms with van der Waals surface area (Å²) in [5.41, 5.74) is 3.29. The predicted octanol–water partition coefficient (Wildman–Crippen LogP) is 1.93. The van der Waals surface area contributed by atoms with Crippen molar-refractivity contribution in [2.45, 2.75) is 13.8 Å². The molecule has 0 saturated heterocycles. The maximum atomic E-state index is 4.27. The molecule has 4 heteroatoms. The Bertz CT molecular complexity index is 473. The van der Waals surface area contributed by atoms with Crippen LogP contribution < -0.4 is 5.32 Å².